The maximum atomic E-state index is 13.1. The second-order valence-corrected chi connectivity index (χ2v) is 7.40. The zero-order valence-electron chi connectivity index (χ0n) is 17.0. The van der Waals surface area contributed by atoms with E-state index in [0.717, 1.165) is 19.4 Å². The molecule has 0 spiro atoms. The van der Waals surface area contributed by atoms with Crippen LogP contribution in [-0.2, 0) is 13.6 Å². The van der Waals surface area contributed by atoms with E-state index < -0.39 is 5.91 Å². The van der Waals surface area contributed by atoms with Crippen LogP contribution in [0.4, 0.5) is 5.95 Å². The fraction of sp³-hybridized carbons (Fsp3) is 0.400. The number of nitrogens with zero attached hydrogens (tertiary/aromatic N) is 5. The van der Waals surface area contributed by atoms with Gasteiger partial charge in [-0.2, -0.15) is 9.97 Å². The van der Waals surface area contributed by atoms with Gasteiger partial charge in [0.15, 0.2) is 11.2 Å². The molecule has 1 aromatic carbocycles. The smallest absolute Gasteiger partial charge is 0.306 e. The maximum absolute atomic E-state index is 13.1. The lowest BCUT2D eigenvalue weighted by atomic mass is 10.1. The number of nitrogens with two attached hydrogens (primary N) is 2. The van der Waals surface area contributed by atoms with Crippen molar-refractivity contribution in [3.63, 3.8) is 0 Å². The number of fused-ring (bicyclic) bond motifs is 1. The van der Waals surface area contributed by atoms with E-state index in [-0.39, 0.29) is 28.9 Å². The number of rotatable bonds is 5. The molecular weight excluding hydrogens is 386 g/mol. The van der Waals surface area contributed by atoms with Gasteiger partial charge in [-0.3, -0.25) is 14.2 Å². The van der Waals surface area contributed by atoms with E-state index in [1.807, 2.05) is 11.5 Å². The first-order valence-corrected chi connectivity index (χ1v) is 9.95. The van der Waals surface area contributed by atoms with Crippen molar-refractivity contribution in [3.05, 3.63) is 40.2 Å². The second-order valence-electron chi connectivity index (χ2n) is 7.40. The number of imidazole rings is 1. The highest BCUT2D eigenvalue weighted by molar-refractivity contribution is 5.95. The predicted molar refractivity (Wildman–Crippen MR) is 113 cm³/mol. The van der Waals surface area contributed by atoms with Crippen LogP contribution in [0.15, 0.2) is 29.1 Å². The van der Waals surface area contributed by atoms with E-state index in [9.17, 15) is 9.59 Å². The molecule has 1 atom stereocenters. The number of carbonyl (C=O) groups is 1. The third-order valence-electron chi connectivity index (χ3n) is 5.34. The van der Waals surface area contributed by atoms with Crippen LogP contribution in [0.25, 0.3) is 11.2 Å². The number of anilines is 1. The number of para-hydroxylation sites is 1. The lowest BCUT2D eigenvalue weighted by molar-refractivity contribution is 0.0998. The molecule has 0 bridgehead atoms. The van der Waals surface area contributed by atoms with Gasteiger partial charge in [-0.25, -0.2) is 0 Å². The standard InChI is InChI=1S/C20H25N7O3/c1-3-27-15-17(23-19(27)26-10-6-7-12(21)11-26)24-20(25(2)18(15)29)30-14-9-5-4-8-13(14)16(22)28/h4-5,8-9,12H,3,6-7,10-11,21H2,1-2H3,(H2,22,28). The van der Waals surface area contributed by atoms with E-state index in [1.54, 1.807) is 31.3 Å². The molecule has 1 unspecified atom stereocenters. The average Bonchev–Trinajstić information content (AvgIpc) is 3.10. The Labute approximate surface area is 173 Å². The minimum absolute atomic E-state index is 0.0313. The van der Waals surface area contributed by atoms with Crippen LogP contribution in [0.2, 0.25) is 0 Å². The van der Waals surface area contributed by atoms with Crippen molar-refractivity contribution in [3.8, 4) is 11.8 Å². The third-order valence-corrected chi connectivity index (χ3v) is 5.34. The number of ether oxygens (including phenoxy) is 1. The highest BCUT2D eigenvalue weighted by Crippen LogP contribution is 2.26. The molecule has 1 aliphatic heterocycles. The number of amides is 1. The topological polar surface area (TPSA) is 134 Å². The number of aromatic nitrogens is 4. The largest absolute Gasteiger partial charge is 0.425 e. The summed E-state index contributed by atoms with van der Waals surface area (Å²) in [7, 11) is 1.57. The minimum atomic E-state index is -0.629. The molecule has 0 radical (unpaired) electrons. The first-order valence-electron chi connectivity index (χ1n) is 9.95. The molecule has 0 saturated carbocycles. The predicted octanol–water partition coefficient (Wildman–Crippen LogP) is 0.969. The maximum Gasteiger partial charge on any atom is 0.306 e. The highest BCUT2D eigenvalue weighted by Gasteiger charge is 2.25. The number of carbonyl (C=O) groups excluding carboxylic acids is 1. The van der Waals surface area contributed by atoms with Gasteiger partial charge in [-0.05, 0) is 31.9 Å². The zero-order chi connectivity index (χ0) is 21.4. The van der Waals surface area contributed by atoms with Crippen LogP contribution in [0.3, 0.4) is 0 Å². The van der Waals surface area contributed by atoms with Crippen LogP contribution in [0.1, 0.15) is 30.1 Å². The molecule has 2 aromatic heterocycles. The minimum Gasteiger partial charge on any atom is -0.425 e. The van der Waals surface area contributed by atoms with Crippen molar-refractivity contribution in [1.29, 1.82) is 0 Å². The summed E-state index contributed by atoms with van der Waals surface area (Å²) in [5.74, 6) is 0.279. The van der Waals surface area contributed by atoms with Gasteiger partial charge in [-0.15, -0.1) is 0 Å². The lowest BCUT2D eigenvalue weighted by Gasteiger charge is -2.31. The molecule has 1 saturated heterocycles. The Bertz CT molecular complexity index is 1170. The SMILES string of the molecule is CCn1c(N2CCCC(N)C2)nc2nc(Oc3ccccc3C(N)=O)n(C)c(=O)c21. The number of benzene rings is 1. The summed E-state index contributed by atoms with van der Waals surface area (Å²) in [6, 6.07) is 6.65. The Morgan fingerprint density at radius 1 is 1.30 bits per heavy atom. The van der Waals surface area contributed by atoms with Gasteiger partial charge in [0.1, 0.15) is 5.75 Å². The average molecular weight is 411 g/mol. The van der Waals surface area contributed by atoms with Crippen LogP contribution in [0.5, 0.6) is 11.8 Å². The Morgan fingerprint density at radius 2 is 2.07 bits per heavy atom. The molecule has 4 N–H and O–H groups in total. The molecule has 30 heavy (non-hydrogen) atoms. The zero-order valence-corrected chi connectivity index (χ0v) is 17.0. The molecule has 158 valence electrons. The quantitative estimate of drug-likeness (QED) is 0.639. The van der Waals surface area contributed by atoms with E-state index in [0.29, 0.717) is 30.2 Å². The van der Waals surface area contributed by atoms with Crippen LogP contribution in [-0.4, -0.2) is 44.1 Å². The molecule has 3 aromatic rings. The normalized spacial score (nSPS) is 16.8. The fourth-order valence-electron chi connectivity index (χ4n) is 3.81. The summed E-state index contributed by atoms with van der Waals surface area (Å²) in [5, 5.41) is 0. The summed E-state index contributed by atoms with van der Waals surface area (Å²) in [6.45, 7) is 4.03. The van der Waals surface area contributed by atoms with E-state index in [1.165, 1.54) is 4.57 Å². The summed E-state index contributed by atoms with van der Waals surface area (Å²) >= 11 is 0. The van der Waals surface area contributed by atoms with Crippen molar-refractivity contribution in [2.75, 3.05) is 18.0 Å². The molecule has 10 heteroatoms. The van der Waals surface area contributed by atoms with Crippen LogP contribution in [0, 0.1) is 0 Å². The number of primary amides is 1. The summed E-state index contributed by atoms with van der Waals surface area (Å²) in [5.41, 5.74) is 12.2. The molecule has 1 aliphatic rings. The third kappa shape index (κ3) is 3.39. The van der Waals surface area contributed by atoms with Crippen molar-refractivity contribution in [2.24, 2.45) is 18.5 Å². The van der Waals surface area contributed by atoms with Crippen LogP contribution >= 0.6 is 0 Å². The van der Waals surface area contributed by atoms with Gasteiger partial charge in [0.05, 0.1) is 5.56 Å². The Morgan fingerprint density at radius 3 is 2.77 bits per heavy atom. The summed E-state index contributed by atoms with van der Waals surface area (Å²) in [6.07, 6.45) is 1.94. The van der Waals surface area contributed by atoms with E-state index >= 15 is 0 Å². The van der Waals surface area contributed by atoms with Crippen LogP contribution < -0.4 is 26.7 Å². The van der Waals surface area contributed by atoms with Crippen molar-refractivity contribution < 1.29 is 9.53 Å². The van der Waals surface area contributed by atoms with Crippen molar-refractivity contribution >= 4 is 23.0 Å². The fourth-order valence-corrected chi connectivity index (χ4v) is 3.81. The number of hydrogen-bond acceptors (Lipinski definition) is 7. The molecule has 1 fully saturated rings. The van der Waals surface area contributed by atoms with Crippen molar-refractivity contribution in [2.45, 2.75) is 32.4 Å². The first kappa shape index (κ1) is 19.9. The molecule has 3 heterocycles. The van der Waals surface area contributed by atoms with Gasteiger partial charge < -0.3 is 25.7 Å². The Hall–Kier alpha value is -3.40. The van der Waals surface area contributed by atoms with E-state index in [4.69, 9.17) is 16.2 Å². The van der Waals surface area contributed by atoms with Gasteiger partial charge in [0.2, 0.25) is 5.95 Å². The second kappa shape index (κ2) is 7.79. The van der Waals surface area contributed by atoms with Gasteiger partial charge in [-0.1, -0.05) is 12.1 Å². The Kier molecular flexibility index (Phi) is 5.17. The van der Waals surface area contributed by atoms with Gasteiger partial charge in [0.25, 0.3) is 11.5 Å². The monoisotopic (exact) mass is 411 g/mol. The van der Waals surface area contributed by atoms with Gasteiger partial charge >= 0.3 is 6.01 Å². The molecule has 4 rings (SSSR count). The first-order chi connectivity index (χ1) is 14.4. The van der Waals surface area contributed by atoms with Gasteiger partial charge in [0, 0.05) is 32.7 Å². The highest BCUT2D eigenvalue weighted by atomic mass is 16.5. The Balaban J connectivity index is 1.82. The lowest BCUT2D eigenvalue weighted by Crippen LogP contribution is -2.44. The van der Waals surface area contributed by atoms with E-state index in [2.05, 4.69) is 14.9 Å². The summed E-state index contributed by atoms with van der Waals surface area (Å²) < 4.78 is 8.97. The number of piperidine rings is 1. The molecular formula is C20H25N7O3. The number of aryl methyl sites for hydroxylation is 1. The van der Waals surface area contributed by atoms with Crippen molar-refractivity contribution in [1.82, 2.24) is 19.1 Å². The summed E-state index contributed by atoms with van der Waals surface area (Å²) in [4.78, 5) is 36.0. The number of hydrogen-bond donors (Lipinski definition) is 2. The molecule has 1 amide bonds. The molecule has 0 aliphatic carbocycles. The molecule has 10 nitrogen and oxygen atoms in total.